The molecule has 5 nitrogen and oxygen atoms in total. The van der Waals surface area contributed by atoms with Gasteiger partial charge in [0.15, 0.2) is 0 Å². The zero-order valence-corrected chi connectivity index (χ0v) is 13.6. The highest BCUT2D eigenvalue weighted by atomic mass is 19.1. The molecular formula is C17H21F2NO4. The van der Waals surface area contributed by atoms with Crippen LogP contribution in [0.3, 0.4) is 0 Å². The van der Waals surface area contributed by atoms with E-state index >= 15 is 0 Å². The van der Waals surface area contributed by atoms with Gasteiger partial charge in [0, 0.05) is 18.7 Å². The van der Waals surface area contributed by atoms with Gasteiger partial charge in [0.25, 0.3) is 0 Å². The van der Waals surface area contributed by atoms with Crippen molar-refractivity contribution in [3.8, 4) is 0 Å². The fourth-order valence-electron chi connectivity index (χ4n) is 2.90. The summed E-state index contributed by atoms with van der Waals surface area (Å²) in [6.07, 6.45) is -0.387. The van der Waals surface area contributed by atoms with Gasteiger partial charge in [-0.3, -0.25) is 9.59 Å². The highest BCUT2D eigenvalue weighted by Crippen LogP contribution is 2.33. The molecule has 0 aliphatic carbocycles. The van der Waals surface area contributed by atoms with Crippen molar-refractivity contribution in [3.05, 3.63) is 35.4 Å². The van der Waals surface area contributed by atoms with Gasteiger partial charge in [0.2, 0.25) is 5.91 Å². The lowest BCUT2D eigenvalue weighted by Gasteiger charge is -2.37. The molecule has 1 aromatic carbocycles. The first-order chi connectivity index (χ1) is 11.1. The molecule has 1 unspecified atom stereocenters. The van der Waals surface area contributed by atoms with Crippen molar-refractivity contribution < 1.29 is 28.6 Å². The number of aliphatic carboxylic acids is 1. The molecule has 24 heavy (non-hydrogen) atoms. The van der Waals surface area contributed by atoms with Gasteiger partial charge in [0.05, 0.1) is 6.10 Å². The van der Waals surface area contributed by atoms with Crippen molar-refractivity contribution >= 4 is 11.9 Å². The lowest BCUT2D eigenvalue weighted by Crippen LogP contribution is -2.48. The monoisotopic (exact) mass is 341 g/mol. The van der Waals surface area contributed by atoms with Gasteiger partial charge in [-0.25, -0.2) is 8.78 Å². The predicted octanol–water partition coefficient (Wildman–Crippen LogP) is 2.35. The normalized spacial score (nSPS) is 17.6. The van der Waals surface area contributed by atoms with Crippen LogP contribution in [0.2, 0.25) is 0 Å². The van der Waals surface area contributed by atoms with E-state index in [2.05, 4.69) is 0 Å². The summed E-state index contributed by atoms with van der Waals surface area (Å²) >= 11 is 0. The number of benzene rings is 1. The Labute approximate surface area is 138 Å². The second-order valence-corrected chi connectivity index (χ2v) is 6.67. The third-order valence-electron chi connectivity index (χ3n) is 4.62. The maximum atomic E-state index is 13.8. The smallest absolute Gasteiger partial charge is 0.318 e. The van der Waals surface area contributed by atoms with Crippen molar-refractivity contribution in [2.45, 2.75) is 32.8 Å². The molecule has 2 N–H and O–H groups in total. The molecule has 1 aliphatic heterocycles. The molecule has 1 aromatic rings. The Morgan fingerprint density at radius 2 is 1.83 bits per heavy atom. The zero-order valence-electron chi connectivity index (χ0n) is 13.6. The van der Waals surface area contributed by atoms with E-state index < -0.39 is 35.0 Å². The molecular weight excluding hydrogens is 320 g/mol. The van der Waals surface area contributed by atoms with Crippen molar-refractivity contribution in [3.63, 3.8) is 0 Å². The van der Waals surface area contributed by atoms with Gasteiger partial charge >= 0.3 is 5.97 Å². The summed E-state index contributed by atoms with van der Waals surface area (Å²) < 4.78 is 27.0. The second-order valence-electron chi connectivity index (χ2n) is 6.67. The van der Waals surface area contributed by atoms with Crippen molar-refractivity contribution in [1.82, 2.24) is 4.90 Å². The maximum absolute atomic E-state index is 13.8. The Morgan fingerprint density at radius 3 is 2.38 bits per heavy atom. The number of piperidine rings is 1. The summed E-state index contributed by atoms with van der Waals surface area (Å²) in [5.41, 5.74) is -1.61. The molecule has 2 rings (SSSR count). The summed E-state index contributed by atoms with van der Waals surface area (Å²) in [4.78, 5) is 24.9. The Bertz CT molecular complexity index is 639. The Hall–Kier alpha value is -2.02. The van der Waals surface area contributed by atoms with Gasteiger partial charge in [-0.1, -0.05) is 0 Å². The van der Waals surface area contributed by atoms with Gasteiger partial charge in [0.1, 0.15) is 17.0 Å². The number of aliphatic hydroxyl groups is 1. The Morgan fingerprint density at radius 1 is 1.25 bits per heavy atom. The average Bonchev–Trinajstić information content (AvgIpc) is 2.55. The minimum absolute atomic E-state index is 0.0920. The number of hydrogen-bond donors (Lipinski definition) is 2. The molecule has 0 radical (unpaired) electrons. The zero-order chi connectivity index (χ0) is 18.1. The van der Waals surface area contributed by atoms with E-state index in [4.69, 9.17) is 5.11 Å². The van der Waals surface area contributed by atoms with E-state index in [0.717, 1.165) is 18.2 Å². The van der Waals surface area contributed by atoms with Gasteiger partial charge in [-0.05, 0) is 50.8 Å². The molecule has 132 valence electrons. The van der Waals surface area contributed by atoms with Crippen LogP contribution in [-0.2, 0) is 9.59 Å². The first-order valence-corrected chi connectivity index (χ1v) is 7.80. The van der Waals surface area contributed by atoms with Gasteiger partial charge < -0.3 is 15.1 Å². The van der Waals surface area contributed by atoms with E-state index in [1.54, 1.807) is 0 Å². The Kier molecular flexibility index (Phi) is 5.22. The number of hydrogen-bond acceptors (Lipinski definition) is 3. The van der Waals surface area contributed by atoms with Crippen LogP contribution in [0.4, 0.5) is 8.78 Å². The summed E-state index contributed by atoms with van der Waals surface area (Å²) in [5, 5.41) is 19.4. The van der Waals surface area contributed by atoms with E-state index in [0.29, 0.717) is 12.8 Å². The number of nitrogens with zero attached hydrogens (tertiary/aromatic N) is 1. The van der Waals surface area contributed by atoms with Gasteiger partial charge in [-0.2, -0.15) is 0 Å². The topological polar surface area (TPSA) is 77.8 Å². The third kappa shape index (κ3) is 3.56. The van der Waals surface area contributed by atoms with Crippen LogP contribution < -0.4 is 0 Å². The molecule has 1 saturated heterocycles. The summed E-state index contributed by atoms with van der Waals surface area (Å²) in [5.74, 6) is -3.30. The maximum Gasteiger partial charge on any atom is 0.318 e. The van der Waals surface area contributed by atoms with E-state index in [1.165, 1.54) is 18.7 Å². The molecule has 1 fully saturated rings. The first-order valence-electron chi connectivity index (χ1n) is 7.80. The number of likely N-dealkylation sites (tertiary alicyclic amines) is 1. The van der Waals surface area contributed by atoms with Crippen LogP contribution in [0.25, 0.3) is 0 Å². The highest BCUT2D eigenvalue weighted by Gasteiger charge is 2.41. The van der Waals surface area contributed by atoms with E-state index in [-0.39, 0.29) is 24.6 Å². The highest BCUT2D eigenvalue weighted by molar-refractivity contribution is 6.01. The van der Waals surface area contributed by atoms with Crippen LogP contribution >= 0.6 is 0 Å². The number of carbonyl (C=O) groups is 2. The second kappa shape index (κ2) is 6.84. The molecule has 1 amide bonds. The SMILES string of the molecule is CC(C)(C(=O)O)C(=O)N1CCC(C(O)c2cc(F)ccc2F)CC1. The van der Waals surface area contributed by atoms with E-state index in [1.807, 2.05) is 0 Å². The van der Waals surface area contributed by atoms with Crippen LogP contribution in [-0.4, -0.2) is 40.1 Å². The standard InChI is InChI=1S/C17H21F2NO4/c1-17(2,16(23)24)15(22)20-7-5-10(6-8-20)14(21)12-9-11(18)3-4-13(12)19/h3-4,9-10,14,21H,5-8H2,1-2H3,(H,23,24). The molecule has 1 atom stereocenters. The predicted molar refractivity (Wildman–Crippen MR) is 82.0 cm³/mol. The minimum Gasteiger partial charge on any atom is -0.480 e. The molecule has 1 heterocycles. The lowest BCUT2D eigenvalue weighted by molar-refractivity contribution is -0.159. The first kappa shape index (κ1) is 18.3. The molecule has 7 heteroatoms. The quantitative estimate of drug-likeness (QED) is 0.824. The fourth-order valence-corrected chi connectivity index (χ4v) is 2.90. The van der Waals surface area contributed by atoms with Crippen molar-refractivity contribution in [1.29, 1.82) is 0 Å². The number of aliphatic hydroxyl groups excluding tert-OH is 1. The van der Waals surface area contributed by atoms with Crippen LogP contribution in [0, 0.1) is 23.0 Å². The van der Waals surface area contributed by atoms with Crippen LogP contribution in [0.5, 0.6) is 0 Å². The summed E-state index contributed by atoms with van der Waals surface area (Å²) in [6.45, 7) is 3.24. The molecule has 1 aliphatic rings. The molecule has 0 spiro atoms. The van der Waals surface area contributed by atoms with Crippen molar-refractivity contribution in [2.24, 2.45) is 11.3 Å². The number of halogens is 2. The largest absolute Gasteiger partial charge is 0.480 e. The van der Waals surface area contributed by atoms with Crippen molar-refractivity contribution in [2.75, 3.05) is 13.1 Å². The summed E-state index contributed by atoms with van der Waals surface area (Å²) in [7, 11) is 0. The number of amides is 1. The number of carboxylic acids is 1. The Balaban J connectivity index is 2.03. The summed E-state index contributed by atoms with van der Waals surface area (Å²) in [6, 6.07) is 2.94. The average molecular weight is 341 g/mol. The van der Waals surface area contributed by atoms with E-state index in [9.17, 15) is 23.5 Å². The molecule has 0 bridgehead atoms. The van der Waals surface area contributed by atoms with Gasteiger partial charge in [-0.15, -0.1) is 0 Å². The number of carboxylic acid groups (broad SMARTS) is 1. The minimum atomic E-state index is -1.51. The van der Waals surface area contributed by atoms with Crippen LogP contribution in [0.1, 0.15) is 38.4 Å². The lowest BCUT2D eigenvalue weighted by atomic mass is 9.85. The molecule has 0 aromatic heterocycles. The fraction of sp³-hybridized carbons (Fsp3) is 0.529. The third-order valence-corrected chi connectivity index (χ3v) is 4.62. The number of rotatable bonds is 4. The molecule has 0 saturated carbocycles. The van der Waals surface area contributed by atoms with Crippen LogP contribution in [0.15, 0.2) is 18.2 Å². The number of carbonyl (C=O) groups excluding carboxylic acids is 1.